The molecule has 3 rings (SSSR count). The Labute approximate surface area is 152 Å². The van der Waals surface area contributed by atoms with Gasteiger partial charge in [-0.05, 0) is 49.4 Å². The standard InChI is InChI=1S/C19H23N3O2S/c1-25-16-5-2-4-15(12-16)24-19-17(6-3-11-21-19)18(23)22-14-9-7-13(20)8-10-14/h2-6,11-14H,7-10,20H2,1H3,(H,22,23)/p+1. The van der Waals surface area contributed by atoms with Gasteiger partial charge in [-0.2, -0.15) is 0 Å². The molecule has 1 fully saturated rings. The van der Waals surface area contributed by atoms with Gasteiger partial charge in [-0.15, -0.1) is 11.8 Å². The minimum atomic E-state index is -0.128. The third-order valence-corrected chi connectivity index (χ3v) is 5.18. The molecule has 1 aliphatic carbocycles. The summed E-state index contributed by atoms with van der Waals surface area (Å²) in [5.41, 5.74) is 4.57. The molecule has 0 saturated heterocycles. The van der Waals surface area contributed by atoms with Crippen molar-refractivity contribution < 1.29 is 15.3 Å². The van der Waals surface area contributed by atoms with E-state index in [1.807, 2.05) is 30.5 Å². The van der Waals surface area contributed by atoms with E-state index in [-0.39, 0.29) is 11.9 Å². The molecule has 0 unspecified atom stereocenters. The molecule has 0 spiro atoms. The van der Waals surface area contributed by atoms with Gasteiger partial charge < -0.3 is 15.8 Å². The number of nitrogens with one attached hydrogen (secondary N) is 1. The second-order valence-corrected chi connectivity index (χ2v) is 7.21. The maximum Gasteiger partial charge on any atom is 0.257 e. The molecule has 1 saturated carbocycles. The number of amides is 1. The Bertz CT molecular complexity index is 730. The number of hydrogen-bond donors (Lipinski definition) is 2. The van der Waals surface area contributed by atoms with Crippen LogP contribution in [0.25, 0.3) is 0 Å². The molecule has 4 N–H and O–H groups in total. The smallest absolute Gasteiger partial charge is 0.257 e. The average Bonchev–Trinajstić information content (AvgIpc) is 2.64. The fraction of sp³-hybridized carbons (Fsp3) is 0.368. The number of quaternary nitrogens is 1. The molecule has 2 aromatic rings. The molecule has 1 heterocycles. The Balaban J connectivity index is 1.72. The number of thioether (sulfide) groups is 1. The summed E-state index contributed by atoms with van der Waals surface area (Å²) in [6.45, 7) is 0. The highest BCUT2D eigenvalue weighted by Crippen LogP contribution is 2.27. The first-order valence-electron chi connectivity index (χ1n) is 8.56. The third kappa shape index (κ3) is 4.74. The molecule has 0 bridgehead atoms. The van der Waals surface area contributed by atoms with E-state index in [4.69, 9.17) is 4.74 Å². The molecule has 1 aromatic carbocycles. The molecule has 25 heavy (non-hydrogen) atoms. The second kappa shape index (κ2) is 8.36. The lowest BCUT2D eigenvalue weighted by molar-refractivity contribution is -0.425. The number of ether oxygens (including phenoxy) is 1. The van der Waals surface area contributed by atoms with Gasteiger partial charge >= 0.3 is 0 Å². The third-order valence-electron chi connectivity index (χ3n) is 4.45. The van der Waals surface area contributed by atoms with Crippen molar-refractivity contribution in [2.75, 3.05) is 6.26 Å². The first kappa shape index (κ1) is 17.8. The zero-order valence-electron chi connectivity index (χ0n) is 14.4. The predicted molar refractivity (Wildman–Crippen MR) is 98.9 cm³/mol. The van der Waals surface area contributed by atoms with Crippen LogP contribution in [0.2, 0.25) is 0 Å². The monoisotopic (exact) mass is 358 g/mol. The average molecular weight is 358 g/mol. The van der Waals surface area contributed by atoms with Crippen molar-refractivity contribution in [1.29, 1.82) is 0 Å². The van der Waals surface area contributed by atoms with Crippen molar-refractivity contribution in [3.8, 4) is 11.6 Å². The van der Waals surface area contributed by atoms with Gasteiger partial charge in [-0.3, -0.25) is 4.79 Å². The van der Waals surface area contributed by atoms with Gasteiger partial charge in [0.1, 0.15) is 11.3 Å². The van der Waals surface area contributed by atoms with Crippen LogP contribution in [0.15, 0.2) is 47.5 Å². The van der Waals surface area contributed by atoms with Crippen LogP contribution < -0.4 is 15.8 Å². The summed E-state index contributed by atoms with van der Waals surface area (Å²) >= 11 is 1.64. The highest BCUT2D eigenvalue weighted by atomic mass is 32.2. The van der Waals surface area contributed by atoms with Gasteiger partial charge in [0.25, 0.3) is 5.91 Å². The van der Waals surface area contributed by atoms with Gasteiger partial charge in [-0.25, -0.2) is 4.98 Å². The maximum atomic E-state index is 12.7. The Morgan fingerprint density at radius 2 is 2.04 bits per heavy atom. The van der Waals surface area contributed by atoms with E-state index in [2.05, 4.69) is 16.0 Å². The zero-order chi connectivity index (χ0) is 17.6. The van der Waals surface area contributed by atoms with Crippen molar-refractivity contribution in [2.24, 2.45) is 0 Å². The van der Waals surface area contributed by atoms with Gasteiger partial charge in [0.15, 0.2) is 0 Å². The minimum Gasteiger partial charge on any atom is -0.438 e. The van der Waals surface area contributed by atoms with Gasteiger partial charge in [0.2, 0.25) is 5.88 Å². The lowest BCUT2D eigenvalue weighted by Crippen LogP contribution is -2.62. The highest BCUT2D eigenvalue weighted by molar-refractivity contribution is 7.98. The van der Waals surface area contributed by atoms with E-state index in [0.29, 0.717) is 23.2 Å². The van der Waals surface area contributed by atoms with E-state index < -0.39 is 0 Å². The van der Waals surface area contributed by atoms with Crippen LogP contribution >= 0.6 is 11.8 Å². The molecule has 1 aliphatic rings. The Kier molecular flexibility index (Phi) is 5.94. The largest absolute Gasteiger partial charge is 0.438 e. The van der Waals surface area contributed by atoms with E-state index in [9.17, 15) is 4.79 Å². The number of carbonyl (C=O) groups excluding carboxylic acids is 1. The molecular formula is C19H24N3O2S+. The van der Waals surface area contributed by atoms with Crippen LogP contribution in [0.3, 0.4) is 0 Å². The van der Waals surface area contributed by atoms with Crippen LogP contribution in [0.1, 0.15) is 36.0 Å². The first-order valence-corrected chi connectivity index (χ1v) is 9.79. The lowest BCUT2D eigenvalue weighted by Gasteiger charge is -2.25. The summed E-state index contributed by atoms with van der Waals surface area (Å²) in [6.07, 6.45) is 7.72. The SMILES string of the molecule is CSc1cccc(Oc2ncccc2C(=O)NC2CCC([NH3+])CC2)c1. The van der Waals surface area contributed by atoms with E-state index in [0.717, 1.165) is 30.6 Å². The Morgan fingerprint density at radius 1 is 1.24 bits per heavy atom. The molecule has 1 amide bonds. The molecule has 5 nitrogen and oxygen atoms in total. The zero-order valence-corrected chi connectivity index (χ0v) is 15.2. The fourth-order valence-corrected chi connectivity index (χ4v) is 3.44. The molecule has 0 aliphatic heterocycles. The van der Waals surface area contributed by atoms with E-state index in [1.54, 1.807) is 30.1 Å². The predicted octanol–water partition coefficient (Wildman–Crippen LogP) is 2.88. The van der Waals surface area contributed by atoms with Crippen LogP contribution in [0, 0.1) is 0 Å². The maximum absolute atomic E-state index is 12.7. The summed E-state index contributed by atoms with van der Waals surface area (Å²) in [5.74, 6) is 0.887. The number of nitrogens with zero attached hydrogens (tertiary/aromatic N) is 1. The van der Waals surface area contributed by atoms with Crippen molar-refractivity contribution in [3.63, 3.8) is 0 Å². The number of benzene rings is 1. The van der Waals surface area contributed by atoms with Gasteiger partial charge in [0.05, 0.1) is 6.04 Å². The molecule has 0 radical (unpaired) electrons. The number of rotatable bonds is 5. The molecule has 6 heteroatoms. The summed E-state index contributed by atoms with van der Waals surface area (Å²) in [6, 6.07) is 12.0. The van der Waals surface area contributed by atoms with Gasteiger partial charge in [0, 0.05) is 30.0 Å². The molecule has 132 valence electrons. The fourth-order valence-electron chi connectivity index (χ4n) is 2.99. The first-order chi connectivity index (χ1) is 12.2. The number of pyridine rings is 1. The van der Waals surface area contributed by atoms with Crippen molar-refractivity contribution in [3.05, 3.63) is 48.2 Å². The molecule has 1 aromatic heterocycles. The van der Waals surface area contributed by atoms with Crippen LogP contribution in [0.4, 0.5) is 0 Å². The Morgan fingerprint density at radius 3 is 2.80 bits per heavy atom. The van der Waals surface area contributed by atoms with Crippen molar-refractivity contribution in [2.45, 2.75) is 42.7 Å². The van der Waals surface area contributed by atoms with E-state index >= 15 is 0 Å². The van der Waals surface area contributed by atoms with Gasteiger partial charge in [-0.1, -0.05) is 6.07 Å². The van der Waals surface area contributed by atoms with Crippen molar-refractivity contribution in [1.82, 2.24) is 10.3 Å². The summed E-state index contributed by atoms with van der Waals surface area (Å²) < 4.78 is 5.88. The summed E-state index contributed by atoms with van der Waals surface area (Å²) in [7, 11) is 0. The van der Waals surface area contributed by atoms with Crippen molar-refractivity contribution >= 4 is 17.7 Å². The summed E-state index contributed by atoms with van der Waals surface area (Å²) in [4.78, 5) is 18.0. The summed E-state index contributed by atoms with van der Waals surface area (Å²) in [5, 5.41) is 3.11. The van der Waals surface area contributed by atoms with E-state index in [1.165, 1.54) is 0 Å². The highest BCUT2D eigenvalue weighted by Gasteiger charge is 2.23. The quantitative estimate of drug-likeness (QED) is 0.806. The topological polar surface area (TPSA) is 78.9 Å². The minimum absolute atomic E-state index is 0.128. The number of aromatic nitrogens is 1. The molecule has 0 atom stereocenters. The molecular weight excluding hydrogens is 334 g/mol. The lowest BCUT2D eigenvalue weighted by atomic mass is 9.91. The number of hydrogen-bond acceptors (Lipinski definition) is 4. The number of carbonyl (C=O) groups is 1. The second-order valence-electron chi connectivity index (χ2n) is 6.33. The van der Waals surface area contributed by atoms with Crippen LogP contribution in [-0.4, -0.2) is 29.2 Å². The normalized spacial score (nSPS) is 20.1. The Hall–Kier alpha value is -2.05. The van der Waals surface area contributed by atoms with Crippen LogP contribution in [-0.2, 0) is 0 Å². The van der Waals surface area contributed by atoms with Crippen LogP contribution in [0.5, 0.6) is 11.6 Å².